The molecule has 0 heterocycles. The van der Waals surface area contributed by atoms with Crippen molar-refractivity contribution in [3.05, 3.63) is 34.3 Å². The van der Waals surface area contributed by atoms with Gasteiger partial charge in [0, 0.05) is 17.6 Å². The molecule has 0 fully saturated rings. The van der Waals surface area contributed by atoms with Gasteiger partial charge in [0.2, 0.25) is 5.91 Å². The second-order valence-electron chi connectivity index (χ2n) is 4.41. The van der Waals surface area contributed by atoms with Gasteiger partial charge in [-0.15, -0.1) is 0 Å². The lowest BCUT2D eigenvalue weighted by Crippen LogP contribution is -2.26. The smallest absolute Gasteiger partial charge is 0.243 e. The molecular formula is C13H17ClN2O2. The summed E-state index contributed by atoms with van der Waals surface area (Å²) in [7, 11) is 0. The molecule has 1 aromatic rings. The standard InChI is InChI=1S/C13H17ClN2O2/c14-10-2-3-11-9(7-10)1-4-12(11)16-5-6-18-8-13(15)17/h2-3,7,12,16H,1,4-6,8H2,(H2,15,17). The van der Waals surface area contributed by atoms with Gasteiger partial charge in [0.1, 0.15) is 6.61 Å². The van der Waals surface area contributed by atoms with E-state index in [0.29, 0.717) is 19.2 Å². The second-order valence-corrected chi connectivity index (χ2v) is 4.84. The van der Waals surface area contributed by atoms with E-state index in [-0.39, 0.29) is 6.61 Å². The van der Waals surface area contributed by atoms with E-state index in [9.17, 15) is 4.79 Å². The highest BCUT2D eigenvalue weighted by Gasteiger charge is 2.21. The van der Waals surface area contributed by atoms with Crippen molar-refractivity contribution in [2.24, 2.45) is 5.73 Å². The number of ether oxygens (including phenoxy) is 1. The summed E-state index contributed by atoms with van der Waals surface area (Å²) in [5.41, 5.74) is 7.61. The third-order valence-electron chi connectivity index (χ3n) is 3.06. The number of aryl methyl sites for hydroxylation is 1. The molecule has 1 aromatic carbocycles. The first-order valence-electron chi connectivity index (χ1n) is 6.04. The van der Waals surface area contributed by atoms with Crippen molar-refractivity contribution in [3.8, 4) is 0 Å². The van der Waals surface area contributed by atoms with E-state index >= 15 is 0 Å². The van der Waals surface area contributed by atoms with Gasteiger partial charge < -0.3 is 15.8 Å². The number of carbonyl (C=O) groups excluding carboxylic acids is 1. The van der Waals surface area contributed by atoms with Crippen LogP contribution in [0.3, 0.4) is 0 Å². The van der Waals surface area contributed by atoms with E-state index in [1.54, 1.807) is 0 Å². The number of nitrogens with one attached hydrogen (secondary N) is 1. The van der Waals surface area contributed by atoms with E-state index < -0.39 is 5.91 Å². The molecule has 0 aromatic heterocycles. The zero-order valence-corrected chi connectivity index (χ0v) is 10.9. The molecule has 1 amide bonds. The summed E-state index contributed by atoms with van der Waals surface area (Å²) in [6.45, 7) is 1.18. The average Bonchev–Trinajstić information content (AvgIpc) is 2.70. The van der Waals surface area contributed by atoms with Crippen molar-refractivity contribution < 1.29 is 9.53 Å². The lowest BCUT2D eigenvalue weighted by molar-refractivity contribution is -0.122. The zero-order chi connectivity index (χ0) is 13.0. The van der Waals surface area contributed by atoms with Crippen LogP contribution in [0, 0.1) is 0 Å². The van der Waals surface area contributed by atoms with E-state index in [0.717, 1.165) is 17.9 Å². The molecule has 0 spiro atoms. The monoisotopic (exact) mass is 268 g/mol. The summed E-state index contributed by atoms with van der Waals surface area (Å²) in [4.78, 5) is 10.5. The molecule has 2 rings (SSSR count). The van der Waals surface area contributed by atoms with Crippen LogP contribution >= 0.6 is 11.6 Å². The first kappa shape index (κ1) is 13.3. The van der Waals surface area contributed by atoms with Crippen LogP contribution in [-0.2, 0) is 16.0 Å². The predicted octanol–water partition coefficient (Wildman–Crippen LogP) is 1.42. The van der Waals surface area contributed by atoms with Gasteiger partial charge in [0.05, 0.1) is 6.61 Å². The first-order chi connectivity index (χ1) is 8.66. The van der Waals surface area contributed by atoms with Crippen molar-refractivity contribution in [2.75, 3.05) is 19.8 Å². The largest absolute Gasteiger partial charge is 0.370 e. The SMILES string of the molecule is NC(=O)COCCNC1CCc2cc(Cl)ccc21. The molecule has 3 N–H and O–H groups in total. The van der Waals surface area contributed by atoms with E-state index in [1.165, 1.54) is 11.1 Å². The van der Waals surface area contributed by atoms with Gasteiger partial charge >= 0.3 is 0 Å². The van der Waals surface area contributed by atoms with Gasteiger partial charge in [-0.3, -0.25) is 4.79 Å². The number of nitrogens with two attached hydrogens (primary N) is 1. The Bertz CT molecular complexity index is 437. The van der Waals surface area contributed by atoms with Crippen molar-refractivity contribution in [3.63, 3.8) is 0 Å². The molecule has 1 unspecified atom stereocenters. The van der Waals surface area contributed by atoms with Crippen LogP contribution in [0.2, 0.25) is 5.02 Å². The molecule has 1 aliphatic carbocycles. The van der Waals surface area contributed by atoms with Gasteiger partial charge in [0.25, 0.3) is 0 Å². The summed E-state index contributed by atoms with van der Waals surface area (Å²) in [5.74, 6) is -0.434. The molecule has 5 heteroatoms. The molecular weight excluding hydrogens is 252 g/mol. The third-order valence-corrected chi connectivity index (χ3v) is 3.30. The molecule has 0 bridgehead atoms. The van der Waals surface area contributed by atoms with Crippen molar-refractivity contribution in [1.29, 1.82) is 0 Å². The maximum atomic E-state index is 10.5. The third kappa shape index (κ3) is 3.45. The molecule has 0 aliphatic heterocycles. The summed E-state index contributed by atoms with van der Waals surface area (Å²) in [6.07, 6.45) is 2.13. The Kier molecular flexibility index (Phi) is 4.58. The lowest BCUT2D eigenvalue weighted by Gasteiger charge is -2.14. The molecule has 4 nitrogen and oxygen atoms in total. The van der Waals surface area contributed by atoms with Gasteiger partial charge in [0.15, 0.2) is 0 Å². The van der Waals surface area contributed by atoms with Crippen LogP contribution < -0.4 is 11.1 Å². The minimum Gasteiger partial charge on any atom is -0.370 e. The Hall–Kier alpha value is -1.10. The van der Waals surface area contributed by atoms with Crippen molar-refractivity contribution >= 4 is 17.5 Å². The number of hydrogen-bond donors (Lipinski definition) is 2. The Morgan fingerprint density at radius 1 is 1.56 bits per heavy atom. The average molecular weight is 269 g/mol. The number of amides is 1. The number of halogens is 1. The second kappa shape index (κ2) is 6.18. The number of rotatable bonds is 6. The van der Waals surface area contributed by atoms with Crippen LogP contribution in [0.1, 0.15) is 23.6 Å². The minimum atomic E-state index is -0.434. The Labute approximate surface area is 111 Å². The summed E-state index contributed by atoms with van der Waals surface area (Å²) >= 11 is 5.96. The lowest BCUT2D eigenvalue weighted by atomic mass is 10.1. The Morgan fingerprint density at radius 2 is 2.39 bits per heavy atom. The highest BCUT2D eigenvalue weighted by Crippen LogP contribution is 2.32. The summed E-state index contributed by atoms with van der Waals surface area (Å²) in [5, 5.41) is 4.20. The number of primary amides is 1. The van der Waals surface area contributed by atoms with Gasteiger partial charge in [-0.2, -0.15) is 0 Å². The highest BCUT2D eigenvalue weighted by atomic mass is 35.5. The molecule has 1 atom stereocenters. The van der Waals surface area contributed by atoms with Crippen LogP contribution in [0.25, 0.3) is 0 Å². The summed E-state index contributed by atoms with van der Waals surface area (Å²) < 4.78 is 5.10. The maximum absolute atomic E-state index is 10.5. The van der Waals surface area contributed by atoms with Crippen LogP contribution in [-0.4, -0.2) is 25.7 Å². The fourth-order valence-corrected chi connectivity index (χ4v) is 2.47. The number of carbonyl (C=O) groups is 1. The molecule has 18 heavy (non-hydrogen) atoms. The van der Waals surface area contributed by atoms with Crippen molar-refractivity contribution in [2.45, 2.75) is 18.9 Å². The van der Waals surface area contributed by atoms with Gasteiger partial charge in [-0.25, -0.2) is 0 Å². The normalized spacial score (nSPS) is 17.7. The number of fused-ring (bicyclic) bond motifs is 1. The quantitative estimate of drug-likeness (QED) is 0.767. The van der Waals surface area contributed by atoms with Crippen LogP contribution in [0.5, 0.6) is 0 Å². The fraction of sp³-hybridized carbons (Fsp3) is 0.462. The van der Waals surface area contributed by atoms with Gasteiger partial charge in [-0.05, 0) is 36.1 Å². The van der Waals surface area contributed by atoms with Crippen LogP contribution in [0.15, 0.2) is 18.2 Å². The van der Waals surface area contributed by atoms with Crippen molar-refractivity contribution in [1.82, 2.24) is 5.32 Å². The minimum absolute atomic E-state index is 0.0153. The predicted molar refractivity (Wildman–Crippen MR) is 70.5 cm³/mol. The topological polar surface area (TPSA) is 64.4 Å². The molecule has 0 saturated heterocycles. The van der Waals surface area contributed by atoms with E-state index in [4.69, 9.17) is 22.1 Å². The summed E-state index contributed by atoms with van der Waals surface area (Å²) in [6, 6.07) is 6.38. The molecule has 0 saturated carbocycles. The number of benzene rings is 1. The highest BCUT2D eigenvalue weighted by molar-refractivity contribution is 6.30. The van der Waals surface area contributed by atoms with E-state index in [2.05, 4.69) is 11.4 Å². The maximum Gasteiger partial charge on any atom is 0.243 e. The zero-order valence-electron chi connectivity index (χ0n) is 10.1. The Morgan fingerprint density at radius 3 is 3.17 bits per heavy atom. The van der Waals surface area contributed by atoms with Crippen LogP contribution in [0.4, 0.5) is 0 Å². The fourth-order valence-electron chi connectivity index (χ4n) is 2.28. The molecule has 1 aliphatic rings. The molecule has 0 radical (unpaired) electrons. The Balaban J connectivity index is 1.78. The molecule has 98 valence electrons. The first-order valence-corrected chi connectivity index (χ1v) is 6.42. The number of hydrogen-bond acceptors (Lipinski definition) is 3. The van der Waals surface area contributed by atoms with E-state index in [1.807, 2.05) is 12.1 Å². The van der Waals surface area contributed by atoms with Gasteiger partial charge in [-0.1, -0.05) is 17.7 Å².